The fourth-order valence-electron chi connectivity index (χ4n) is 1.64. The van der Waals surface area contributed by atoms with Gasteiger partial charge >= 0.3 is 0 Å². The van der Waals surface area contributed by atoms with Crippen LogP contribution in [0.1, 0.15) is 25.7 Å². The summed E-state index contributed by atoms with van der Waals surface area (Å²) in [5.74, 6) is 1.28. The van der Waals surface area contributed by atoms with Gasteiger partial charge in [0.05, 0.1) is 6.04 Å². The minimum absolute atomic E-state index is 0.0378. The highest BCUT2D eigenvalue weighted by Gasteiger charge is 2.17. The Labute approximate surface area is 89.1 Å². The highest BCUT2D eigenvalue weighted by Crippen LogP contribution is 2.21. The monoisotopic (exact) mass is 204 g/mol. The van der Waals surface area contributed by atoms with Gasteiger partial charge in [-0.25, -0.2) is 9.97 Å². The van der Waals surface area contributed by atoms with Crippen LogP contribution in [0.15, 0.2) is 18.3 Å². The number of rotatable bonds is 2. The largest absolute Gasteiger partial charge is 0.321 e. The van der Waals surface area contributed by atoms with E-state index in [1.807, 2.05) is 23.7 Å². The van der Waals surface area contributed by atoms with E-state index in [0.29, 0.717) is 5.92 Å². The summed E-state index contributed by atoms with van der Waals surface area (Å²) in [6, 6.07) is 3.81. The topological polar surface area (TPSA) is 56.7 Å². The first-order chi connectivity index (χ1) is 7.11. The van der Waals surface area contributed by atoms with Gasteiger partial charge in [0.25, 0.3) is 0 Å². The van der Waals surface area contributed by atoms with E-state index in [1.165, 1.54) is 0 Å². The Morgan fingerprint density at radius 1 is 1.40 bits per heavy atom. The minimum Gasteiger partial charge on any atom is -0.321 e. The van der Waals surface area contributed by atoms with E-state index < -0.39 is 0 Å². The van der Waals surface area contributed by atoms with Crippen molar-refractivity contribution >= 4 is 11.2 Å². The molecule has 0 aromatic carbocycles. The van der Waals surface area contributed by atoms with Crippen molar-refractivity contribution in [2.24, 2.45) is 18.7 Å². The predicted octanol–water partition coefficient (Wildman–Crippen LogP) is 1.62. The number of pyridine rings is 1. The Bertz CT molecular complexity index is 472. The first kappa shape index (κ1) is 10.1. The SMILES string of the molecule is CC(C)[C@H](N)c1nc2cccnc2n1C. The number of hydrogen-bond donors (Lipinski definition) is 1. The van der Waals surface area contributed by atoms with Crippen molar-refractivity contribution in [2.45, 2.75) is 19.9 Å². The van der Waals surface area contributed by atoms with Crippen LogP contribution in [0.4, 0.5) is 0 Å². The Kier molecular flexibility index (Phi) is 2.44. The van der Waals surface area contributed by atoms with Gasteiger partial charge in [-0.3, -0.25) is 0 Å². The van der Waals surface area contributed by atoms with Crippen molar-refractivity contribution in [2.75, 3.05) is 0 Å². The van der Waals surface area contributed by atoms with Crippen molar-refractivity contribution in [1.82, 2.24) is 14.5 Å². The van der Waals surface area contributed by atoms with Crippen LogP contribution >= 0.6 is 0 Å². The molecule has 0 aliphatic heterocycles. The molecular weight excluding hydrogens is 188 g/mol. The van der Waals surface area contributed by atoms with Crippen LogP contribution < -0.4 is 5.73 Å². The molecule has 0 spiro atoms. The summed E-state index contributed by atoms with van der Waals surface area (Å²) in [6.07, 6.45) is 1.77. The molecule has 2 N–H and O–H groups in total. The first-order valence-electron chi connectivity index (χ1n) is 5.14. The van der Waals surface area contributed by atoms with Gasteiger partial charge in [0.1, 0.15) is 11.3 Å². The Morgan fingerprint density at radius 3 is 2.73 bits per heavy atom. The number of fused-ring (bicyclic) bond motifs is 1. The van der Waals surface area contributed by atoms with Crippen molar-refractivity contribution < 1.29 is 0 Å². The van der Waals surface area contributed by atoms with Crippen LogP contribution in [-0.2, 0) is 7.05 Å². The minimum atomic E-state index is -0.0378. The lowest BCUT2D eigenvalue weighted by atomic mass is 10.1. The van der Waals surface area contributed by atoms with Crippen LogP contribution in [0.2, 0.25) is 0 Å². The zero-order valence-corrected chi connectivity index (χ0v) is 9.31. The highest BCUT2D eigenvalue weighted by molar-refractivity contribution is 5.71. The normalized spacial score (nSPS) is 13.7. The smallest absolute Gasteiger partial charge is 0.159 e. The van der Waals surface area contributed by atoms with Gasteiger partial charge in [-0.15, -0.1) is 0 Å². The first-order valence-corrected chi connectivity index (χ1v) is 5.14. The Balaban J connectivity index is 2.58. The number of imidazole rings is 1. The van der Waals surface area contributed by atoms with Crippen molar-refractivity contribution in [1.29, 1.82) is 0 Å². The third-order valence-electron chi connectivity index (χ3n) is 2.68. The standard InChI is InChI=1S/C11H16N4/c1-7(2)9(12)11-14-8-5-4-6-13-10(8)15(11)3/h4-7,9H,12H2,1-3H3/t9-/m0/s1. The molecule has 2 rings (SSSR count). The van der Waals surface area contributed by atoms with E-state index in [4.69, 9.17) is 5.73 Å². The molecule has 0 fully saturated rings. The Hall–Kier alpha value is -1.42. The van der Waals surface area contributed by atoms with Crippen molar-refractivity contribution in [3.63, 3.8) is 0 Å². The van der Waals surface area contributed by atoms with Gasteiger partial charge in [-0.2, -0.15) is 0 Å². The lowest BCUT2D eigenvalue weighted by Crippen LogP contribution is -2.20. The molecule has 0 aliphatic rings. The third kappa shape index (κ3) is 1.61. The summed E-state index contributed by atoms with van der Waals surface area (Å²) < 4.78 is 1.97. The summed E-state index contributed by atoms with van der Waals surface area (Å²) in [5, 5.41) is 0. The molecular formula is C11H16N4. The average Bonchev–Trinajstić information content (AvgIpc) is 2.56. The van der Waals surface area contributed by atoms with Gasteiger partial charge < -0.3 is 10.3 Å². The number of hydrogen-bond acceptors (Lipinski definition) is 3. The van der Waals surface area contributed by atoms with E-state index in [2.05, 4.69) is 23.8 Å². The fraction of sp³-hybridized carbons (Fsp3) is 0.455. The molecule has 0 aliphatic carbocycles. The molecule has 1 atom stereocenters. The molecule has 0 amide bonds. The second-order valence-electron chi connectivity index (χ2n) is 4.14. The summed E-state index contributed by atoms with van der Waals surface area (Å²) in [5.41, 5.74) is 7.89. The fourth-order valence-corrected chi connectivity index (χ4v) is 1.64. The van der Waals surface area contributed by atoms with E-state index >= 15 is 0 Å². The highest BCUT2D eigenvalue weighted by atomic mass is 15.1. The van der Waals surface area contributed by atoms with Gasteiger partial charge in [0.15, 0.2) is 5.65 Å². The molecule has 0 bridgehead atoms. The van der Waals surface area contributed by atoms with Crippen LogP contribution in [0.25, 0.3) is 11.2 Å². The van der Waals surface area contributed by atoms with E-state index in [0.717, 1.165) is 17.0 Å². The van der Waals surface area contributed by atoms with Gasteiger partial charge in [-0.1, -0.05) is 13.8 Å². The molecule has 0 saturated heterocycles. The number of aryl methyl sites for hydroxylation is 1. The number of nitrogens with two attached hydrogens (primary N) is 1. The second kappa shape index (κ2) is 3.62. The van der Waals surface area contributed by atoms with E-state index in [9.17, 15) is 0 Å². The molecule has 2 heterocycles. The zero-order chi connectivity index (χ0) is 11.0. The molecule has 4 heteroatoms. The van der Waals surface area contributed by atoms with Crippen LogP contribution in [0, 0.1) is 5.92 Å². The summed E-state index contributed by atoms with van der Waals surface area (Å²) in [4.78, 5) is 8.80. The summed E-state index contributed by atoms with van der Waals surface area (Å²) in [6.45, 7) is 4.19. The van der Waals surface area contributed by atoms with Crippen LogP contribution in [-0.4, -0.2) is 14.5 Å². The quantitative estimate of drug-likeness (QED) is 0.808. The van der Waals surface area contributed by atoms with Crippen molar-refractivity contribution in [3.8, 4) is 0 Å². The maximum atomic E-state index is 6.09. The molecule has 4 nitrogen and oxygen atoms in total. The number of aromatic nitrogens is 3. The second-order valence-corrected chi connectivity index (χ2v) is 4.14. The molecule has 2 aromatic rings. The average molecular weight is 204 g/mol. The summed E-state index contributed by atoms with van der Waals surface area (Å²) >= 11 is 0. The molecule has 0 saturated carbocycles. The molecule has 0 unspecified atom stereocenters. The van der Waals surface area contributed by atoms with Gasteiger partial charge in [-0.05, 0) is 18.1 Å². The third-order valence-corrected chi connectivity index (χ3v) is 2.68. The van der Waals surface area contributed by atoms with Crippen molar-refractivity contribution in [3.05, 3.63) is 24.2 Å². The lowest BCUT2D eigenvalue weighted by molar-refractivity contribution is 0.480. The molecule has 2 aromatic heterocycles. The Morgan fingerprint density at radius 2 is 2.13 bits per heavy atom. The van der Waals surface area contributed by atoms with E-state index in [-0.39, 0.29) is 6.04 Å². The maximum Gasteiger partial charge on any atom is 0.159 e. The number of nitrogens with zero attached hydrogens (tertiary/aromatic N) is 3. The molecule has 15 heavy (non-hydrogen) atoms. The lowest BCUT2D eigenvalue weighted by Gasteiger charge is -2.14. The van der Waals surface area contributed by atoms with E-state index in [1.54, 1.807) is 6.20 Å². The molecule has 80 valence electrons. The molecule has 0 radical (unpaired) electrons. The predicted molar refractivity (Wildman–Crippen MR) is 60.3 cm³/mol. The van der Waals surface area contributed by atoms with Crippen LogP contribution in [0.3, 0.4) is 0 Å². The van der Waals surface area contributed by atoms with Gasteiger partial charge in [0, 0.05) is 13.2 Å². The summed E-state index contributed by atoms with van der Waals surface area (Å²) in [7, 11) is 1.96. The maximum absolute atomic E-state index is 6.09. The zero-order valence-electron chi connectivity index (χ0n) is 9.31. The van der Waals surface area contributed by atoms with Gasteiger partial charge in [0.2, 0.25) is 0 Å². The van der Waals surface area contributed by atoms with Crippen LogP contribution in [0.5, 0.6) is 0 Å².